The number of nitrogens with two attached hydrogens (primary N) is 1. The maximum atomic E-state index is 13.9. The number of rotatable bonds is 12. The largest absolute Gasteiger partial charge is 0.439 e. The van der Waals surface area contributed by atoms with Gasteiger partial charge in [-0.3, -0.25) is 19.1 Å². The van der Waals surface area contributed by atoms with Crippen molar-refractivity contribution >= 4 is 27.4 Å². The molecule has 0 radical (unpaired) electrons. The number of hydrogen-bond donors (Lipinski definition) is 3. The number of carbonyl (C=O) groups excluding carboxylic acids is 2. The van der Waals surface area contributed by atoms with Crippen molar-refractivity contribution in [3.8, 4) is 22.5 Å². The first kappa shape index (κ1) is 34.5. The molecule has 2 fully saturated rings. The summed E-state index contributed by atoms with van der Waals surface area (Å²) in [5, 5.41) is 6.68. The number of hydrogen-bond acceptors (Lipinski definition) is 8. The van der Waals surface area contributed by atoms with E-state index in [4.69, 9.17) is 5.73 Å². The third kappa shape index (κ3) is 8.09. The lowest BCUT2D eigenvalue weighted by Crippen LogP contribution is -2.31. The molecule has 3 aromatic carbocycles. The van der Waals surface area contributed by atoms with Gasteiger partial charge in [0, 0.05) is 42.6 Å². The molecule has 2 aliphatic rings. The van der Waals surface area contributed by atoms with Crippen LogP contribution < -0.4 is 16.8 Å². The van der Waals surface area contributed by atoms with Crippen LogP contribution in [0.15, 0.2) is 80.9 Å². The van der Waals surface area contributed by atoms with Gasteiger partial charge in [0.15, 0.2) is 5.82 Å². The van der Waals surface area contributed by atoms with Crippen molar-refractivity contribution in [2.75, 3.05) is 25.0 Å². The summed E-state index contributed by atoms with van der Waals surface area (Å²) in [5.41, 5.74) is 10.5. The first-order valence-electron chi connectivity index (χ1n) is 17.0. The van der Waals surface area contributed by atoms with Gasteiger partial charge in [0.05, 0.1) is 4.90 Å². The molecule has 1 aliphatic heterocycles. The van der Waals surface area contributed by atoms with Crippen LogP contribution in [0.4, 0.5) is 5.69 Å². The van der Waals surface area contributed by atoms with Crippen LogP contribution in [-0.2, 0) is 26.0 Å². The molecule has 4 N–H and O–H groups in total. The number of amides is 1. The van der Waals surface area contributed by atoms with E-state index < -0.39 is 21.7 Å². The minimum atomic E-state index is -3.59. The highest BCUT2D eigenvalue weighted by atomic mass is 32.2. The van der Waals surface area contributed by atoms with E-state index in [1.807, 2.05) is 37.3 Å². The summed E-state index contributed by atoms with van der Waals surface area (Å²) < 4.78 is 32.8. The van der Waals surface area contributed by atoms with Crippen molar-refractivity contribution in [2.45, 2.75) is 63.2 Å². The maximum absolute atomic E-state index is 13.9. The Morgan fingerprint density at radius 1 is 1.00 bits per heavy atom. The lowest BCUT2D eigenvalue weighted by Gasteiger charge is -2.28. The highest BCUT2D eigenvalue weighted by molar-refractivity contribution is 7.89. The minimum absolute atomic E-state index is 0.0868. The highest BCUT2D eigenvalue weighted by Crippen LogP contribution is 2.33. The average Bonchev–Trinajstić information content (AvgIpc) is 3.82. The van der Waals surface area contributed by atoms with E-state index in [0.29, 0.717) is 43.2 Å². The van der Waals surface area contributed by atoms with Gasteiger partial charge in [-0.05, 0) is 123 Å². The molecule has 258 valence electrons. The van der Waals surface area contributed by atoms with Gasteiger partial charge in [0.25, 0.3) is 0 Å². The second-order valence-corrected chi connectivity index (χ2v) is 15.3. The van der Waals surface area contributed by atoms with Crippen LogP contribution in [0, 0.1) is 24.7 Å². The molecule has 1 saturated heterocycles. The number of benzene rings is 3. The fraction of sp³-hybridized carbons (Fsp3) is 0.405. The summed E-state index contributed by atoms with van der Waals surface area (Å²) in [7, 11) is -3.59. The van der Waals surface area contributed by atoms with E-state index in [2.05, 4.69) is 20.0 Å². The van der Waals surface area contributed by atoms with Gasteiger partial charge >= 0.3 is 5.76 Å². The zero-order valence-electron chi connectivity index (χ0n) is 27.7. The Morgan fingerprint density at radius 3 is 2.41 bits per heavy atom. The van der Waals surface area contributed by atoms with Crippen molar-refractivity contribution in [2.24, 2.45) is 23.5 Å². The number of aryl methyl sites for hydroxylation is 1. The average molecular weight is 686 g/mol. The molecule has 1 amide bonds. The monoisotopic (exact) mass is 685 g/mol. The molecule has 0 spiro atoms. The Balaban J connectivity index is 1.23. The normalized spacial score (nSPS) is 19.1. The van der Waals surface area contributed by atoms with Gasteiger partial charge in [0.1, 0.15) is 5.78 Å². The Morgan fingerprint density at radius 2 is 1.73 bits per heavy atom. The SMILES string of the molecule is Cc1ccc(S(=O)(=O)N2CCCC2)cc1-c1cccc(C[C@H](CC(=O)C2CCC(CN)CC2)C(=O)Nc2ccc(-c3noc(=O)[nH]3)cc2)c1. The fourth-order valence-corrected chi connectivity index (χ4v) is 8.54. The molecular weight excluding hydrogens is 643 g/mol. The second kappa shape index (κ2) is 15.0. The quantitative estimate of drug-likeness (QED) is 0.180. The standard InChI is InChI=1S/C37H43N5O6S/c1-24-7-16-32(49(46,47)42-17-2-3-18-42)22-33(24)29-6-4-5-26(19-29)20-30(21-34(43)27-10-8-25(23-38)9-11-27)36(44)39-31-14-12-28(13-15-31)35-40-37(45)48-41-35/h4-7,12-16,19,22,25,27,30H,2-3,8-11,17-18,20-21,23,38H2,1H3,(H,39,44)(H,40,41,45)/t25?,27?,30-/m1/s1. The molecule has 0 bridgehead atoms. The van der Waals surface area contributed by atoms with Crippen molar-refractivity contribution in [1.82, 2.24) is 14.4 Å². The van der Waals surface area contributed by atoms with Crippen LogP contribution in [0.2, 0.25) is 0 Å². The van der Waals surface area contributed by atoms with Crippen LogP contribution in [0.5, 0.6) is 0 Å². The molecule has 1 atom stereocenters. The Kier molecular flexibility index (Phi) is 10.6. The van der Waals surface area contributed by atoms with Crippen molar-refractivity contribution < 1.29 is 22.5 Å². The molecule has 2 heterocycles. The van der Waals surface area contributed by atoms with Crippen molar-refractivity contribution in [3.05, 3.63) is 88.4 Å². The number of aromatic nitrogens is 2. The third-order valence-corrected chi connectivity index (χ3v) is 11.8. The molecule has 49 heavy (non-hydrogen) atoms. The molecule has 6 rings (SSSR count). The zero-order chi connectivity index (χ0) is 34.5. The summed E-state index contributed by atoms with van der Waals surface area (Å²) >= 11 is 0. The van der Waals surface area contributed by atoms with E-state index in [-0.39, 0.29) is 34.7 Å². The van der Waals surface area contributed by atoms with E-state index in [9.17, 15) is 22.8 Å². The Labute approximate surface area is 286 Å². The first-order chi connectivity index (χ1) is 23.6. The maximum Gasteiger partial charge on any atom is 0.439 e. The predicted octanol–water partition coefficient (Wildman–Crippen LogP) is 5.31. The summed E-state index contributed by atoms with van der Waals surface area (Å²) in [4.78, 5) is 41.6. The summed E-state index contributed by atoms with van der Waals surface area (Å²) in [5.74, 6) is -0.836. The number of anilines is 1. The molecule has 1 saturated carbocycles. The Hall–Kier alpha value is -4.39. The van der Waals surface area contributed by atoms with E-state index in [1.165, 1.54) is 0 Å². The van der Waals surface area contributed by atoms with Gasteiger partial charge in [0.2, 0.25) is 15.9 Å². The number of ketones is 1. The van der Waals surface area contributed by atoms with Gasteiger partial charge in [-0.25, -0.2) is 13.2 Å². The molecular formula is C37H43N5O6S. The van der Waals surface area contributed by atoms with Gasteiger partial charge < -0.3 is 11.1 Å². The van der Waals surface area contributed by atoms with E-state index in [1.54, 1.807) is 40.7 Å². The molecule has 11 nitrogen and oxygen atoms in total. The van der Waals surface area contributed by atoms with Gasteiger partial charge in [-0.2, -0.15) is 4.31 Å². The number of sulfonamides is 1. The smallest absolute Gasteiger partial charge is 0.330 e. The second-order valence-electron chi connectivity index (χ2n) is 13.3. The number of carbonyl (C=O) groups is 2. The van der Waals surface area contributed by atoms with E-state index >= 15 is 0 Å². The number of Topliss-reactive ketones (excluding diaryl/α,β-unsaturated/α-hetero) is 1. The summed E-state index contributed by atoms with van der Waals surface area (Å²) in [6, 6.07) is 19.9. The van der Waals surface area contributed by atoms with Crippen molar-refractivity contribution in [3.63, 3.8) is 0 Å². The Bertz CT molecular complexity index is 1960. The lowest BCUT2D eigenvalue weighted by molar-refractivity contribution is -0.129. The van der Waals surface area contributed by atoms with Crippen LogP contribution in [0.3, 0.4) is 0 Å². The van der Waals surface area contributed by atoms with Crippen LogP contribution in [0.25, 0.3) is 22.5 Å². The van der Waals surface area contributed by atoms with Crippen LogP contribution in [-0.4, -0.2) is 54.2 Å². The van der Waals surface area contributed by atoms with E-state index in [0.717, 1.165) is 60.8 Å². The van der Waals surface area contributed by atoms with Crippen LogP contribution >= 0.6 is 0 Å². The summed E-state index contributed by atoms with van der Waals surface area (Å²) in [6.45, 7) is 3.64. The van der Waals surface area contributed by atoms with Crippen molar-refractivity contribution in [1.29, 1.82) is 0 Å². The molecule has 1 aliphatic carbocycles. The first-order valence-corrected chi connectivity index (χ1v) is 18.4. The summed E-state index contributed by atoms with van der Waals surface area (Å²) in [6.07, 6.45) is 5.56. The number of nitrogens with zero attached hydrogens (tertiary/aromatic N) is 2. The fourth-order valence-electron chi connectivity index (χ4n) is 7.00. The number of H-pyrrole nitrogens is 1. The molecule has 0 unspecified atom stereocenters. The highest BCUT2D eigenvalue weighted by Gasteiger charge is 2.31. The van der Waals surface area contributed by atoms with Gasteiger partial charge in [-0.1, -0.05) is 35.5 Å². The third-order valence-electron chi connectivity index (χ3n) is 9.95. The zero-order valence-corrected chi connectivity index (χ0v) is 28.5. The predicted molar refractivity (Wildman–Crippen MR) is 187 cm³/mol. The topological polar surface area (TPSA) is 168 Å². The lowest BCUT2D eigenvalue weighted by atomic mass is 9.77. The van der Waals surface area contributed by atoms with Crippen LogP contribution in [0.1, 0.15) is 56.1 Å². The molecule has 1 aromatic heterocycles. The minimum Gasteiger partial charge on any atom is -0.330 e. The molecule has 4 aromatic rings. The molecule has 12 heteroatoms. The van der Waals surface area contributed by atoms with Gasteiger partial charge in [-0.15, -0.1) is 0 Å². The number of nitrogens with one attached hydrogen (secondary N) is 2. The number of aromatic amines is 1.